The lowest BCUT2D eigenvalue weighted by atomic mass is 10.1. The van der Waals surface area contributed by atoms with Crippen LogP contribution in [0.2, 0.25) is 0 Å². The molecule has 1 heterocycles. The number of carbonyl (C=O) groups is 3. The highest BCUT2D eigenvalue weighted by Gasteiger charge is 2.43. The minimum atomic E-state index is -1.28. The van der Waals surface area contributed by atoms with Crippen molar-refractivity contribution in [2.45, 2.75) is 44.9 Å². The lowest BCUT2D eigenvalue weighted by molar-refractivity contribution is -0.120. The van der Waals surface area contributed by atoms with Gasteiger partial charge >= 0.3 is 18.4 Å². The second-order valence-corrected chi connectivity index (χ2v) is 5.61. The van der Waals surface area contributed by atoms with E-state index in [1.165, 1.54) is 0 Å². The van der Waals surface area contributed by atoms with E-state index in [1.54, 1.807) is 20.8 Å². The second-order valence-electron chi connectivity index (χ2n) is 5.61. The summed E-state index contributed by atoms with van der Waals surface area (Å²) in [6.45, 7) is 5.15. The van der Waals surface area contributed by atoms with E-state index in [4.69, 9.17) is 15.4 Å². The van der Waals surface area contributed by atoms with E-state index in [2.05, 4.69) is 10.1 Å². The number of rotatable bonds is 3. The molecule has 1 saturated heterocycles. The van der Waals surface area contributed by atoms with Gasteiger partial charge in [0.25, 0.3) is 5.78 Å². The number of nitrogens with zero attached hydrogens (tertiary/aromatic N) is 3. The Balaban J connectivity index is 2.85. The van der Waals surface area contributed by atoms with Crippen LogP contribution in [0.3, 0.4) is 0 Å². The van der Waals surface area contributed by atoms with E-state index in [1.807, 2.05) is 0 Å². The molecule has 21 heavy (non-hydrogen) atoms. The molecule has 116 valence electrons. The Morgan fingerprint density at radius 1 is 1.43 bits per heavy atom. The molecule has 0 aromatic rings. The van der Waals surface area contributed by atoms with Gasteiger partial charge in [0.2, 0.25) is 0 Å². The van der Waals surface area contributed by atoms with Crippen molar-refractivity contribution in [3.63, 3.8) is 0 Å². The third-order valence-electron chi connectivity index (χ3n) is 2.82. The van der Waals surface area contributed by atoms with Crippen LogP contribution in [0.1, 0.15) is 27.2 Å². The number of likely N-dealkylation sites (tertiary alicyclic amines) is 1. The van der Waals surface area contributed by atoms with Crippen molar-refractivity contribution in [1.29, 1.82) is 0 Å². The van der Waals surface area contributed by atoms with E-state index in [-0.39, 0.29) is 13.0 Å². The third kappa shape index (κ3) is 4.57. The SMILES string of the molecule is CC(C)(C)OC(=O)NC1CCN(C(=O)O)C1C(=O)C=[N+]=[N-]. The van der Waals surface area contributed by atoms with Crippen LogP contribution in [0.4, 0.5) is 9.59 Å². The molecule has 0 aliphatic carbocycles. The molecule has 0 bridgehead atoms. The highest BCUT2D eigenvalue weighted by molar-refractivity contribution is 6.28. The first-order valence-electron chi connectivity index (χ1n) is 6.36. The summed E-state index contributed by atoms with van der Waals surface area (Å²) >= 11 is 0. The van der Waals surface area contributed by atoms with Gasteiger partial charge in [0.15, 0.2) is 0 Å². The van der Waals surface area contributed by atoms with Crippen LogP contribution in [0.25, 0.3) is 5.53 Å². The number of hydrogen-bond donors (Lipinski definition) is 2. The van der Waals surface area contributed by atoms with E-state index in [0.29, 0.717) is 6.21 Å². The summed E-state index contributed by atoms with van der Waals surface area (Å²) in [6, 6.07) is -1.87. The first kappa shape index (κ1) is 16.6. The number of ketones is 1. The summed E-state index contributed by atoms with van der Waals surface area (Å²) in [5.41, 5.74) is 7.71. The molecule has 0 aromatic heterocycles. The highest BCUT2D eigenvalue weighted by atomic mass is 16.6. The minimum Gasteiger partial charge on any atom is -0.465 e. The number of ether oxygens (including phenoxy) is 1. The summed E-state index contributed by atoms with van der Waals surface area (Å²) in [7, 11) is 0. The quantitative estimate of drug-likeness (QED) is 0.445. The molecule has 2 N–H and O–H groups in total. The van der Waals surface area contributed by atoms with E-state index in [9.17, 15) is 14.4 Å². The summed E-state index contributed by atoms with van der Waals surface area (Å²) in [4.78, 5) is 38.2. The minimum absolute atomic E-state index is 0.0888. The van der Waals surface area contributed by atoms with Gasteiger partial charge in [0.05, 0.1) is 6.04 Å². The van der Waals surface area contributed by atoms with Gasteiger partial charge in [0, 0.05) is 6.54 Å². The lowest BCUT2D eigenvalue weighted by Crippen LogP contribution is -2.52. The molecule has 0 radical (unpaired) electrons. The smallest absolute Gasteiger partial charge is 0.408 e. The zero-order chi connectivity index (χ0) is 16.2. The van der Waals surface area contributed by atoms with E-state index >= 15 is 0 Å². The molecule has 1 aliphatic rings. The summed E-state index contributed by atoms with van der Waals surface area (Å²) < 4.78 is 5.07. The van der Waals surface area contributed by atoms with Crippen LogP contribution in [-0.4, -0.2) is 63.2 Å². The van der Waals surface area contributed by atoms with Gasteiger partial charge in [-0.15, -0.1) is 0 Å². The molecule has 1 rings (SSSR count). The van der Waals surface area contributed by atoms with Gasteiger partial charge < -0.3 is 20.7 Å². The Morgan fingerprint density at radius 3 is 2.52 bits per heavy atom. The largest absolute Gasteiger partial charge is 0.465 e. The van der Waals surface area contributed by atoms with Crippen molar-refractivity contribution in [2.24, 2.45) is 0 Å². The fraction of sp³-hybridized carbons (Fsp3) is 0.667. The fourth-order valence-electron chi connectivity index (χ4n) is 2.10. The van der Waals surface area contributed by atoms with Crippen LogP contribution in [-0.2, 0) is 9.53 Å². The van der Waals surface area contributed by atoms with Crippen molar-refractivity contribution < 1.29 is 29.0 Å². The van der Waals surface area contributed by atoms with Gasteiger partial charge in [-0.1, -0.05) is 0 Å². The van der Waals surface area contributed by atoms with Crippen molar-refractivity contribution >= 4 is 24.2 Å². The Bertz CT molecular complexity index is 492. The Hall–Kier alpha value is -2.41. The molecule has 0 spiro atoms. The second kappa shape index (κ2) is 6.36. The molecule has 0 saturated carbocycles. The Labute approximate surface area is 121 Å². The monoisotopic (exact) mass is 298 g/mol. The van der Waals surface area contributed by atoms with Crippen molar-refractivity contribution in [1.82, 2.24) is 10.2 Å². The number of alkyl carbamates (subject to hydrolysis) is 1. The number of amides is 2. The summed E-state index contributed by atoms with van der Waals surface area (Å²) in [5, 5.41) is 11.5. The zero-order valence-electron chi connectivity index (χ0n) is 12.1. The average Bonchev–Trinajstić information content (AvgIpc) is 2.70. The predicted molar refractivity (Wildman–Crippen MR) is 71.0 cm³/mol. The van der Waals surface area contributed by atoms with Crippen LogP contribution in [0.5, 0.6) is 0 Å². The molecule has 1 fully saturated rings. The van der Waals surface area contributed by atoms with Gasteiger partial charge in [-0.2, -0.15) is 4.79 Å². The maximum Gasteiger partial charge on any atom is 0.408 e. The molecule has 2 atom stereocenters. The normalized spacial score (nSPS) is 21.4. The van der Waals surface area contributed by atoms with Crippen LogP contribution in [0, 0.1) is 0 Å². The van der Waals surface area contributed by atoms with E-state index < -0.39 is 35.7 Å². The van der Waals surface area contributed by atoms with E-state index in [0.717, 1.165) is 4.90 Å². The standard InChI is InChI=1S/C12H18N4O5/c1-12(2,3)21-10(18)15-7-4-5-16(11(19)20)9(7)8(17)6-14-13/h6-7,9H,4-5H2,1-3H3,(H,15,18)(H,19,20). The molecule has 9 heteroatoms. The Kier molecular flexibility index (Phi) is 5.04. The number of carbonyl (C=O) groups excluding carboxylic acids is 2. The number of carboxylic acid groups (broad SMARTS) is 1. The van der Waals surface area contributed by atoms with Crippen molar-refractivity contribution in [3.05, 3.63) is 5.53 Å². The first-order valence-corrected chi connectivity index (χ1v) is 6.36. The van der Waals surface area contributed by atoms with Crippen molar-refractivity contribution in [3.8, 4) is 0 Å². The molecule has 1 aliphatic heterocycles. The summed E-state index contributed by atoms with van der Waals surface area (Å²) in [6.07, 6.45) is -1.14. The van der Waals surface area contributed by atoms with Crippen LogP contribution < -0.4 is 5.32 Å². The number of Topliss-reactive ketones (excluding diaryl/α,β-unsaturated/α-hetero) is 1. The highest BCUT2D eigenvalue weighted by Crippen LogP contribution is 2.19. The molecule has 9 nitrogen and oxygen atoms in total. The maximum absolute atomic E-state index is 11.8. The molecule has 2 amide bonds. The Morgan fingerprint density at radius 2 is 2.05 bits per heavy atom. The molecular weight excluding hydrogens is 280 g/mol. The predicted octanol–water partition coefficient (Wildman–Crippen LogP) is 0.502. The topological polar surface area (TPSA) is 132 Å². The molecule has 0 aromatic carbocycles. The summed E-state index contributed by atoms with van der Waals surface area (Å²) in [5.74, 6) is -0.710. The van der Waals surface area contributed by atoms with Gasteiger partial charge in [-0.3, -0.25) is 9.69 Å². The number of nitrogens with one attached hydrogen (secondary N) is 1. The van der Waals surface area contributed by atoms with Crippen molar-refractivity contribution in [2.75, 3.05) is 6.54 Å². The van der Waals surface area contributed by atoms with Gasteiger partial charge in [0.1, 0.15) is 11.6 Å². The number of hydrogen-bond acceptors (Lipinski definition) is 4. The average molecular weight is 298 g/mol. The maximum atomic E-state index is 11.8. The first-order chi connectivity index (χ1) is 9.65. The van der Waals surface area contributed by atoms with Crippen LogP contribution >= 0.6 is 0 Å². The van der Waals surface area contributed by atoms with Crippen LogP contribution in [0.15, 0.2) is 0 Å². The fourth-order valence-corrected chi connectivity index (χ4v) is 2.10. The van der Waals surface area contributed by atoms with Gasteiger partial charge in [-0.05, 0) is 27.2 Å². The van der Waals surface area contributed by atoms with Gasteiger partial charge in [-0.25, -0.2) is 9.59 Å². The molecular formula is C12H18N4O5. The third-order valence-corrected chi connectivity index (χ3v) is 2.82. The molecule has 2 unspecified atom stereocenters. The zero-order valence-corrected chi connectivity index (χ0v) is 12.1. The lowest BCUT2D eigenvalue weighted by Gasteiger charge is -2.25.